The smallest absolute Gasteiger partial charge is 0.256 e. The number of aromatic nitrogens is 4. The molecule has 6 nitrogen and oxygen atoms in total. The maximum atomic E-state index is 14.1. The number of likely N-dealkylation sites (tertiary alicyclic amines) is 1. The Hall–Kier alpha value is -2.83. The van der Waals surface area contributed by atoms with Crippen LogP contribution < -0.4 is 0 Å². The lowest BCUT2D eigenvalue weighted by Gasteiger charge is -2.31. The van der Waals surface area contributed by atoms with Crippen LogP contribution in [-0.4, -0.2) is 43.6 Å². The highest BCUT2D eigenvalue weighted by Crippen LogP contribution is 2.29. The molecular weight excluding hydrogens is 345 g/mol. The molecule has 1 aromatic carbocycles. The molecule has 0 aliphatic carbocycles. The van der Waals surface area contributed by atoms with Crippen LogP contribution >= 0.6 is 0 Å². The predicted molar refractivity (Wildman–Crippen MR) is 100 cm³/mol. The molecule has 140 valence electrons. The Kier molecular flexibility index (Phi) is 4.37. The van der Waals surface area contributed by atoms with Crippen LogP contribution in [0.1, 0.15) is 46.1 Å². The minimum Gasteiger partial charge on any atom is -0.339 e. The van der Waals surface area contributed by atoms with Gasteiger partial charge in [0.25, 0.3) is 5.91 Å². The first kappa shape index (κ1) is 17.6. The summed E-state index contributed by atoms with van der Waals surface area (Å²) < 4.78 is 15.9. The molecule has 0 saturated carbocycles. The molecule has 0 N–H and O–H groups in total. The minimum absolute atomic E-state index is 0.179. The number of carbonyl (C=O) groups excluding carboxylic acids is 1. The van der Waals surface area contributed by atoms with Gasteiger partial charge in [0.15, 0.2) is 0 Å². The largest absolute Gasteiger partial charge is 0.339 e. The SMILES string of the molecule is Cc1nc2cc(F)cc(C(=O)N3CCC(c4cnn(C)c4)CC3)c2nc1C. The number of rotatable bonds is 2. The van der Waals surface area contributed by atoms with Crippen molar-refractivity contribution in [2.45, 2.75) is 32.6 Å². The van der Waals surface area contributed by atoms with Gasteiger partial charge in [-0.25, -0.2) is 14.4 Å². The van der Waals surface area contributed by atoms with Crippen molar-refractivity contribution in [3.05, 3.63) is 52.9 Å². The third-order valence-electron chi connectivity index (χ3n) is 5.35. The molecule has 0 spiro atoms. The second-order valence-corrected chi connectivity index (χ2v) is 7.23. The number of nitrogens with zero attached hydrogens (tertiary/aromatic N) is 5. The molecule has 3 heterocycles. The van der Waals surface area contributed by atoms with Crippen LogP contribution in [-0.2, 0) is 7.05 Å². The number of amides is 1. The fourth-order valence-corrected chi connectivity index (χ4v) is 3.70. The van der Waals surface area contributed by atoms with Gasteiger partial charge < -0.3 is 4.90 Å². The van der Waals surface area contributed by atoms with Gasteiger partial charge in [0.1, 0.15) is 11.3 Å². The molecule has 7 heteroatoms. The number of halogens is 1. The number of piperidine rings is 1. The van der Waals surface area contributed by atoms with E-state index < -0.39 is 5.82 Å². The lowest BCUT2D eigenvalue weighted by Crippen LogP contribution is -2.38. The molecule has 2 aromatic heterocycles. The van der Waals surface area contributed by atoms with Gasteiger partial charge in [-0.2, -0.15) is 5.10 Å². The van der Waals surface area contributed by atoms with E-state index in [1.54, 1.807) is 9.58 Å². The van der Waals surface area contributed by atoms with E-state index in [-0.39, 0.29) is 5.91 Å². The van der Waals surface area contributed by atoms with E-state index in [1.165, 1.54) is 17.7 Å². The maximum absolute atomic E-state index is 14.1. The van der Waals surface area contributed by atoms with Crippen LogP contribution in [0, 0.1) is 19.7 Å². The maximum Gasteiger partial charge on any atom is 0.256 e. The van der Waals surface area contributed by atoms with E-state index in [4.69, 9.17) is 0 Å². The molecule has 1 amide bonds. The monoisotopic (exact) mass is 367 g/mol. The molecule has 1 aliphatic heterocycles. The topological polar surface area (TPSA) is 63.9 Å². The standard InChI is InChI=1S/C20H22FN5O/c1-12-13(2)24-19-17(8-16(21)9-18(19)23-12)20(27)26-6-4-14(5-7-26)15-10-22-25(3)11-15/h8-11,14H,4-7H2,1-3H3. The van der Waals surface area contributed by atoms with Gasteiger partial charge in [-0.3, -0.25) is 9.48 Å². The Morgan fingerprint density at radius 1 is 1.15 bits per heavy atom. The van der Waals surface area contributed by atoms with Crippen LogP contribution in [0.2, 0.25) is 0 Å². The molecule has 4 rings (SSSR count). The Bertz CT molecular complexity index is 1020. The molecule has 1 fully saturated rings. The fraction of sp³-hybridized carbons (Fsp3) is 0.400. The summed E-state index contributed by atoms with van der Waals surface area (Å²) in [6.07, 6.45) is 5.66. The number of benzene rings is 1. The highest BCUT2D eigenvalue weighted by molar-refractivity contribution is 6.04. The van der Waals surface area contributed by atoms with Crippen LogP contribution in [0.4, 0.5) is 4.39 Å². The molecule has 1 aliphatic rings. The van der Waals surface area contributed by atoms with Gasteiger partial charge in [0.05, 0.1) is 28.7 Å². The lowest BCUT2D eigenvalue weighted by atomic mass is 9.91. The first-order chi connectivity index (χ1) is 12.9. The molecule has 3 aromatic rings. The zero-order chi connectivity index (χ0) is 19.1. The number of hydrogen-bond donors (Lipinski definition) is 0. The van der Waals surface area contributed by atoms with Crippen molar-refractivity contribution in [2.24, 2.45) is 7.05 Å². The van der Waals surface area contributed by atoms with Crippen molar-refractivity contribution in [3.63, 3.8) is 0 Å². The van der Waals surface area contributed by atoms with E-state index in [2.05, 4.69) is 15.1 Å². The van der Waals surface area contributed by atoms with Crippen LogP contribution in [0.3, 0.4) is 0 Å². The normalized spacial score (nSPS) is 15.5. The van der Waals surface area contributed by atoms with Crippen molar-refractivity contribution >= 4 is 16.9 Å². The van der Waals surface area contributed by atoms with Crippen molar-refractivity contribution < 1.29 is 9.18 Å². The summed E-state index contributed by atoms with van der Waals surface area (Å²) in [5.41, 5.74) is 3.88. The van der Waals surface area contributed by atoms with E-state index in [1.807, 2.05) is 33.3 Å². The second kappa shape index (κ2) is 6.72. The van der Waals surface area contributed by atoms with Crippen molar-refractivity contribution in [3.8, 4) is 0 Å². The Morgan fingerprint density at radius 3 is 2.52 bits per heavy atom. The molecule has 0 unspecified atom stereocenters. The minimum atomic E-state index is -0.464. The zero-order valence-corrected chi connectivity index (χ0v) is 15.7. The third kappa shape index (κ3) is 3.29. The van der Waals surface area contributed by atoms with Gasteiger partial charge in [-0.15, -0.1) is 0 Å². The molecule has 0 bridgehead atoms. The van der Waals surface area contributed by atoms with E-state index in [9.17, 15) is 9.18 Å². The van der Waals surface area contributed by atoms with Crippen molar-refractivity contribution in [2.75, 3.05) is 13.1 Å². The summed E-state index contributed by atoms with van der Waals surface area (Å²) in [6.45, 7) is 4.94. The highest BCUT2D eigenvalue weighted by atomic mass is 19.1. The molecule has 27 heavy (non-hydrogen) atoms. The number of carbonyl (C=O) groups is 1. The summed E-state index contributed by atoms with van der Waals surface area (Å²) in [5.74, 6) is -0.243. The fourth-order valence-electron chi connectivity index (χ4n) is 3.70. The van der Waals surface area contributed by atoms with Gasteiger partial charge >= 0.3 is 0 Å². The van der Waals surface area contributed by atoms with Gasteiger partial charge in [0, 0.05) is 32.4 Å². The van der Waals surface area contributed by atoms with E-state index in [0.29, 0.717) is 35.6 Å². The molecule has 0 radical (unpaired) electrons. The van der Waals surface area contributed by atoms with Crippen molar-refractivity contribution in [1.29, 1.82) is 0 Å². The van der Waals surface area contributed by atoms with Crippen molar-refractivity contribution in [1.82, 2.24) is 24.6 Å². The quantitative estimate of drug-likeness (QED) is 0.698. The third-order valence-corrected chi connectivity index (χ3v) is 5.35. The lowest BCUT2D eigenvalue weighted by molar-refractivity contribution is 0.0714. The zero-order valence-electron chi connectivity index (χ0n) is 15.7. The molecule has 1 saturated heterocycles. The van der Waals surface area contributed by atoms with E-state index >= 15 is 0 Å². The summed E-state index contributed by atoms with van der Waals surface area (Å²) in [4.78, 5) is 23.8. The number of fused-ring (bicyclic) bond motifs is 1. The molecular formula is C20H22FN5O. The predicted octanol–water partition coefficient (Wildman–Crippen LogP) is 3.14. The highest BCUT2D eigenvalue weighted by Gasteiger charge is 2.27. The van der Waals surface area contributed by atoms with Gasteiger partial charge in [0.2, 0.25) is 0 Å². The number of aryl methyl sites for hydroxylation is 3. The van der Waals surface area contributed by atoms with E-state index in [0.717, 1.165) is 24.2 Å². The molecule has 0 atom stereocenters. The van der Waals surface area contributed by atoms with Crippen LogP contribution in [0.25, 0.3) is 11.0 Å². The number of hydrogen-bond acceptors (Lipinski definition) is 4. The first-order valence-corrected chi connectivity index (χ1v) is 9.14. The Labute approximate surface area is 157 Å². The second-order valence-electron chi connectivity index (χ2n) is 7.23. The average molecular weight is 367 g/mol. The summed E-state index contributed by atoms with van der Waals surface area (Å²) in [6, 6.07) is 2.61. The Balaban J connectivity index is 1.59. The first-order valence-electron chi connectivity index (χ1n) is 9.14. The summed E-state index contributed by atoms with van der Waals surface area (Å²) in [5, 5.41) is 4.23. The summed E-state index contributed by atoms with van der Waals surface area (Å²) >= 11 is 0. The van der Waals surface area contributed by atoms with Crippen LogP contribution in [0.15, 0.2) is 24.5 Å². The summed E-state index contributed by atoms with van der Waals surface area (Å²) in [7, 11) is 1.90. The van der Waals surface area contributed by atoms with Crippen LogP contribution in [0.5, 0.6) is 0 Å². The van der Waals surface area contributed by atoms with Gasteiger partial charge in [-0.05, 0) is 44.2 Å². The average Bonchev–Trinajstić information content (AvgIpc) is 3.08. The van der Waals surface area contributed by atoms with Gasteiger partial charge in [-0.1, -0.05) is 0 Å². The Morgan fingerprint density at radius 2 is 1.85 bits per heavy atom.